The van der Waals surface area contributed by atoms with Gasteiger partial charge in [-0.1, -0.05) is 60.2 Å². The SMILES string of the molecule is Cc1ccc(S(=O)(=O)N2C=C(c3cccc(C(F)(F)F)c3)CC2c2ccccc2)cc1. The second-order valence-electron chi connectivity index (χ2n) is 7.51. The monoisotopic (exact) mass is 443 g/mol. The van der Waals surface area contributed by atoms with E-state index in [0.717, 1.165) is 23.3 Å². The van der Waals surface area contributed by atoms with Crippen molar-refractivity contribution < 1.29 is 21.6 Å². The van der Waals surface area contributed by atoms with Crippen LogP contribution in [0, 0.1) is 6.92 Å². The highest BCUT2D eigenvalue weighted by Crippen LogP contribution is 2.43. The molecule has 7 heteroatoms. The van der Waals surface area contributed by atoms with Crippen LogP contribution in [0.2, 0.25) is 0 Å². The molecule has 1 aliphatic rings. The third-order valence-corrected chi connectivity index (χ3v) is 7.13. The van der Waals surface area contributed by atoms with Crippen LogP contribution in [0.1, 0.15) is 34.7 Å². The van der Waals surface area contributed by atoms with Gasteiger partial charge in [-0.25, -0.2) is 8.42 Å². The molecule has 0 N–H and O–H groups in total. The molecule has 0 aliphatic carbocycles. The third-order valence-electron chi connectivity index (χ3n) is 5.34. The van der Waals surface area contributed by atoms with Crippen LogP contribution in [0.3, 0.4) is 0 Å². The van der Waals surface area contributed by atoms with Crippen LogP contribution in [-0.4, -0.2) is 12.7 Å². The number of hydrogen-bond donors (Lipinski definition) is 0. The molecule has 0 radical (unpaired) electrons. The Morgan fingerprint density at radius 1 is 0.903 bits per heavy atom. The van der Waals surface area contributed by atoms with E-state index in [1.54, 1.807) is 30.3 Å². The van der Waals surface area contributed by atoms with Crippen LogP contribution in [-0.2, 0) is 16.2 Å². The number of hydrogen-bond acceptors (Lipinski definition) is 2. The molecule has 1 heterocycles. The lowest BCUT2D eigenvalue weighted by Gasteiger charge is -2.25. The highest BCUT2D eigenvalue weighted by atomic mass is 32.2. The molecule has 4 rings (SSSR count). The van der Waals surface area contributed by atoms with Crippen LogP contribution in [0.4, 0.5) is 13.2 Å². The van der Waals surface area contributed by atoms with Crippen molar-refractivity contribution in [3.05, 3.63) is 107 Å². The fourth-order valence-corrected chi connectivity index (χ4v) is 5.21. The van der Waals surface area contributed by atoms with Crippen molar-refractivity contribution >= 4 is 15.6 Å². The Hall–Kier alpha value is -3.06. The van der Waals surface area contributed by atoms with E-state index >= 15 is 0 Å². The largest absolute Gasteiger partial charge is 0.416 e. The van der Waals surface area contributed by atoms with E-state index in [4.69, 9.17) is 0 Å². The van der Waals surface area contributed by atoms with Crippen molar-refractivity contribution in [2.45, 2.75) is 30.5 Å². The van der Waals surface area contributed by atoms with Gasteiger partial charge in [0.05, 0.1) is 16.5 Å². The minimum atomic E-state index is -4.47. The second kappa shape index (κ2) is 7.89. The van der Waals surface area contributed by atoms with E-state index in [1.807, 2.05) is 37.3 Å². The van der Waals surface area contributed by atoms with Gasteiger partial charge < -0.3 is 0 Å². The molecule has 0 saturated heterocycles. The topological polar surface area (TPSA) is 37.4 Å². The first-order valence-electron chi connectivity index (χ1n) is 9.70. The first-order valence-corrected chi connectivity index (χ1v) is 11.1. The summed E-state index contributed by atoms with van der Waals surface area (Å²) in [5.74, 6) is 0. The van der Waals surface area contributed by atoms with E-state index in [2.05, 4.69) is 0 Å². The molecule has 0 spiro atoms. The average Bonchev–Trinajstić information content (AvgIpc) is 3.21. The van der Waals surface area contributed by atoms with Crippen molar-refractivity contribution in [1.82, 2.24) is 4.31 Å². The van der Waals surface area contributed by atoms with Crippen LogP contribution in [0.25, 0.3) is 5.57 Å². The molecule has 3 nitrogen and oxygen atoms in total. The maximum absolute atomic E-state index is 13.4. The Morgan fingerprint density at radius 3 is 2.23 bits per heavy atom. The third kappa shape index (κ3) is 4.23. The Labute approximate surface area is 179 Å². The Kier molecular flexibility index (Phi) is 5.39. The summed E-state index contributed by atoms with van der Waals surface area (Å²) in [5.41, 5.74) is 1.84. The number of aryl methyl sites for hydroxylation is 1. The normalized spacial score (nSPS) is 17.0. The maximum Gasteiger partial charge on any atom is 0.416 e. The molecule has 3 aromatic carbocycles. The molecule has 0 aromatic heterocycles. The molecule has 0 bridgehead atoms. The average molecular weight is 443 g/mol. The lowest BCUT2D eigenvalue weighted by atomic mass is 9.97. The summed E-state index contributed by atoms with van der Waals surface area (Å²) < 4.78 is 67.7. The van der Waals surface area contributed by atoms with Gasteiger partial charge >= 0.3 is 6.18 Å². The molecule has 1 unspecified atom stereocenters. The number of benzene rings is 3. The number of nitrogens with zero attached hydrogens (tertiary/aromatic N) is 1. The van der Waals surface area contributed by atoms with Crippen LogP contribution < -0.4 is 0 Å². The molecule has 3 aromatic rings. The van der Waals surface area contributed by atoms with Gasteiger partial charge in [-0.3, -0.25) is 4.31 Å². The molecule has 0 fully saturated rings. The highest BCUT2D eigenvalue weighted by Gasteiger charge is 2.36. The summed E-state index contributed by atoms with van der Waals surface area (Å²) >= 11 is 0. The minimum absolute atomic E-state index is 0.139. The van der Waals surface area contributed by atoms with Gasteiger partial charge in [0, 0.05) is 12.6 Å². The van der Waals surface area contributed by atoms with E-state index in [-0.39, 0.29) is 11.3 Å². The van der Waals surface area contributed by atoms with Crippen molar-refractivity contribution in [1.29, 1.82) is 0 Å². The van der Waals surface area contributed by atoms with Gasteiger partial charge in [-0.2, -0.15) is 13.2 Å². The molecule has 1 aliphatic heterocycles. The lowest BCUT2D eigenvalue weighted by Crippen LogP contribution is -2.27. The Bertz CT molecular complexity index is 1220. The first-order chi connectivity index (χ1) is 14.7. The van der Waals surface area contributed by atoms with E-state index < -0.39 is 27.8 Å². The second-order valence-corrected chi connectivity index (χ2v) is 9.35. The first kappa shape index (κ1) is 21.2. The Balaban J connectivity index is 1.80. The fourth-order valence-electron chi connectivity index (χ4n) is 3.69. The summed E-state index contributed by atoms with van der Waals surface area (Å²) in [6.45, 7) is 1.87. The Morgan fingerprint density at radius 2 is 1.58 bits per heavy atom. The lowest BCUT2D eigenvalue weighted by molar-refractivity contribution is -0.137. The van der Waals surface area contributed by atoms with Crippen LogP contribution >= 0.6 is 0 Å². The van der Waals surface area contributed by atoms with Crippen molar-refractivity contribution in [3.63, 3.8) is 0 Å². The van der Waals surface area contributed by atoms with Crippen molar-refractivity contribution in [2.75, 3.05) is 0 Å². The van der Waals surface area contributed by atoms with Gasteiger partial charge in [-0.05, 0) is 47.9 Å². The highest BCUT2D eigenvalue weighted by molar-refractivity contribution is 7.89. The number of alkyl halides is 3. The van der Waals surface area contributed by atoms with E-state index in [9.17, 15) is 21.6 Å². The van der Waals surface area contributed by atoms with Gasteiger partial charge in [0.2, 0.25) is 0 Å². The van der Waals surface area contributed by atoms with Gasteiger partial charge in [0.25, 0.3) is 10.0 Å². The summed E-state index contributed by atoms with van der Waals surface area (Å²) in [4.78, 5) is 0.139. The fraction of sp³-hybridized carbons (Fsp3) is 0.167. The predicted molar refractivity (Wildman–Crippen MR) is 113 cm³/mol. The summed E-state index contributed by atoms with van der Waals surface area (Å²) in [7, 11) is -3.90. The van der Waals surface area contributed by atoms with Gasteiger partial charge in [0.1, 0.15) is 0 Å². The molecule has 0 saturated carbocycles. The minimum Gasteiger partial charge on any atom is -0.265 e. The zero-order valence-corrected chi connectivity index (χ0v) is 17.5. The zero-order chi connectivity index (χ0) is 22.2. The predicted octanol–water partition coefficient (Wildman–Crippen LogP) is 6.19. The standard InChI is InChI=1S/C24H20F3NO2S/c1-17-10-12-22(13-11-17)31(29,30)28-16-20(15-23(28)18-6-3-2-4-7-18)19-8-5-9-21(14-19)24(25,26)27/h2-14,16,23H,15H2,1H3. The molecular weight excluding hydrogens is 423 g/mol. The molecule has 0 amide bonds. The molecule has 1 atom stereocenters. The number of rotatable bonds is 4. The van der Waals surface area contributed by atoms with Crippen molar-refractivity contribution in [2.24, 2.45) is 0 Å². The van der Waals surface area contributed by atoms with E-state index in [1.165, 1.54) is 16.6 Å². The summed E-state index contributed by atoms with van der Waals surface area (Å²) in [6, 6.07) is 20.1. The maximum atomic E-state index is 13.4. The quantitative estimate of drug-likeness (QED) is 0.482. The van der Waals surface area contributed by atoms with Gasteiger partial charge in [0.15, 0.2) is 0 Å². The van der Waals surface area contributed by atoms with Crippen LogP contribution in [0.5, 0.6) is 0 Å². The van der Waals surface area contributed by atoms with Crippen molar-refractivity contribution in [3.8, 4) is 0 Å². The molecule has 31 heavy (non-hydrogen) atoms. The van der Waals surface area contributed by atoms with E-state index in [0.29, 0.717) is 11.1 Å². The van der Waals surface area contributed by atoms with Gasteiger partial charge in [-0.15, -0.1) is 0 Å². The van der Waals surface area contributed by atoms with Crippen LogP contribution in [0.15, 0.2) is 90.0 Å². The zero-order valence-electron chi connectivity index (χ0n) is 16.7. The smallest absolute Gasteiger partial charge is 0.265 e. The number of sulfonamides is 1. The molecule has 160 valence electrons. The summed E-state index contributed by atoms with van der Waals surface area (Å²) in [5, 5.41) is 0. The number of halogens is 3. The summed E-state index contributed by atoms with van der Waals surface area (Å²) in [6.07, 6.45) is -2.74. The molecular formula is C24H20F3NO2S.